The van der Waals surface area contributed by atoms with Crippen LogP contribution in [0.25, 0.3) is 0 Å². The van der Waals surface area contributed by atoms with Gasteiger partial charge in [-0.15, -0.1) is 0 Å². The van der Waals surface area contributed by atoms with Crippen LogP contribution >= 0.6 is 0 Å². The number of nitrogens with zero attached hydrogens (tertiary/aromatic N) is 5. The number of carbonyl (C=O) groups is 7. The van der Waals surface area contributed by atoms with Crippen molar-refractivity contribution in [1.82, 2.24) is 41.5 Å². The van der Waals surface area contributed by atoms with Crippen LogP contribution in [-0.4, -0.2) is 159 Å². The first-order valence-corrected chi connectivity index (χ1v) is 22.7. The normalized spacial score (nSPS) is 16.6. The minimum atomic E-state index is -1.09. The molecule has 1 aromatic heterocycles. The molecule has 67 heavy (non-hydrogen) atoms. The van der Waals surface area contributed by atoms with Gasteiger partial charge in [0.1, 0.15) is 24.7 Å². The Morgan fingerprint density at radius 2 is 1.67 bits per heavy atom. The van der Waals surface area contributed by atoms with E-state index in [-0.39, 0.29) is 62.6 Å². The summed E-state index contributed by atoms with van der Waals surface area (Å²) in [4.78, 5) is 112. The number of amides is 6. The molecular weight excluding hydrogens is 869 g/mol. The van der Waals surface area contributed by atoms with Crippen LogP contribution < -0.4 is 48.7 Å². The maximum atomic E-state index is 14.0. The van der Waals surface area contributed by atoms with Gasteiger partial charge < -0.3 is 68.0 Å². The number of aliphatic imine (C=N–C) groups is 2. The number of nitrogens with one attached hydrogen (secondary N) is 6. The lowest BCUT2D eigenvalue weighted by Gasteiger charge is -2.38. The number of Topliss-reactive ketones (excluding diaryl/α,β-unsaturated/α-hetero) is 1. The Bertz CT molecular complexity index is 2040. The fourth-order valence-corrected chi connectivity index (χ4v) is 7.49. The largest absolute Gasteiger partial charge is 0.447 e. The molecule has 3 heterocycles. The SMILES string of the molecule is CC[C@H](C)[C@H](N)C(=O)N[C@@H](CCCCNC(=O)OCCOC)C(=O)N1CCN(c2ccc3c(c2)C(=O)C(CC(=O)N[C@@H](CCCN=C(N)N)C(=O)N[C@@H](Cc2cnc[nH]2)C(=O)NC)C=N3)CC1. The van der Waals surface area contributed by atoms with Crippen molar-refractivity contribution in [1.29, 1.82) is 0 Å². The van der Waals surface area contributed by atoms with Crippen LogP contribution in [0.4, 0.5) is 16.2 Å². The number of hydrogen-bond donors (Lipinski definition) is 9. The van der Waals surface area contributed by atoms with Gasteiger partial charge in [-0.25, -0.2) is 9.78 Å². The summed E-state index contributed by atoms with van der Waals surface area (Å²) in [6.45, 7) is 6.31. The third-order valence-corrected chi connectivity index (χ3v) is 11.7. The van der Waals surface area contributed by atoms with Crippen molar-refractivity contribution in [3.8, 4) is 0 Å². The summed E-state index contributed by atoms with van der Waals surface area (Å²) in [6, 6.07) is 1.64. The van der Waals surface area contributed by atoms with E-state index < -0.39 is 59.8 Å². The summed E-state index contributed by atoms with van der Waals surface area (Å²) < 4.78 is 9.90. The van der Waals surface area contributed by atoms with Crippen molar-refractivity contribution in [2.45, 2.75) is 89.4 Å². The minimum Gasteiger partial charge on any atom is -0.447 e. The number of aromatic amines is 1. The zero-order valence-electron chi connectivity index (χ0n) is 38.9. The van der Waals surface area contributed by atoms with E-state index in [0.29, 0.717) is 81.8 Å². The van der Waals surface area contributed by atoms with Gasteiger partial charge in [0.05, 0.1) is 30.6 Å². The maximum Gasteiger partial charge on any atom is 0.407 e. The number of imidazole rings is 1. The quantitative estimate of drug-likeness (QED) is 0.0323. The molecule has 6 amide bonds. The van der Waals surface area contributed by atoms with E-state index in [0.717, 1.165) is 5.69 Å². The standard InChI is InChI=1S/C44H68N14O9/c1-5-27(2)37(45)41(63)55-34(9-6-7-13-51-44(65)67-20-19-66-4)42(64)58-17-15-57(16-18-58)30-11-12-32-31(23-30)38(60)28(24-52-32)21-36(59)54-33(10-8-14-50-43(46)47)40(62)56-35(39(61)48-3)22-29-25-49-26-53-29/h11-12,23-28,33-35,37H,5-10,13-22,45H2,1-4H3,(H,48,61)(H,49,53)(H,51,65)(H,54,59)(H,55,63)(H,56,62)(H4,46,47,50)/t27-,28?,33-,34-,35-,37-/m0/s1. The number of anilines is 1. The molecule has 2 aliphatic rings. The molecule has 4 rings (SSSR count). The molecular formula is C44H68N14O9. The highest BCUT2D eigenvalue weighted by Crippen LogP contribution is 2.32. The second-order valence-corrected chi connectivity index (χ2v) is 16.5. The monoisotopic (exact) mass is 937 g/mol. The highest BCUT2D eigenvalue weighted by molar-refractivity contribution is 6.14. The van der Waals surface area contributed by atoms with Crippen molar-refractivity contribution < 1.29 is 43.0 Å². The first-order chi connectivity index (χ1) is 32.1. The van der Waals surface area contributed by atoms with Gasteiger partial charge in [-0.1, -0.05) is 20.3 Å². The van der Waals surface area contributed by atoms with E-state index in [4.69, 9.17) is 26.7 Å². The third kappa shape index (κ3) is 16.6. The molecule has 2 aliphatic heterocycles. The maximum absolute atomic E-state index is 14.0. The number of H-pyrrole nitrogens is 1. The summed E-state index contributed by atoms with van der Waals surface area (Å²) in [5.74, 6) is -3.73. The summed E-state index contributed by atoms with van der Waals surface area (Å²) in [5, 5.41) is 13.6. The second-order valence-electron chi connectivity index (χ2n) is 16.5. The smallest absolute Gasteiger partial charge is 0.407 e. The first kappa shape index (κ1) is 53.0. The van der Waals surface area contributed by atoms with E-state index in [2.05, 4.69) is 46.5 Å². The number of guanidine groups is 1. The van der Waals surface area contributed by atoms with Crippen molar-refractivity contribution in [3.05, 3.63) is 42.0 Å². The second kappa shape index (κ2) is 27.1. The van der Waals surface area contributed by atoms with Gasteiger partial charge in [0.2, 0.25) is 29.5 Å². The van der Waals surface area contributed by atoms with Gasteiger partial charge in [0.15, 0.2) is 11.7 Å². The molecule has 0 bridgehead atoms. The van der Waals surface area contributed by atoms with Gasteiger partial charge in [-0.2, -0.15) is 0 Å². The predicted octanol–water partition coefficient (Wildman–Crippen LogP) is -0.624. The lowest BCUT2D eigenvalue weighted by Crippen LogP contribution is -2.57. The number of aromatic nitrogens is 2. The average molecular weight is 937 g/mol. The van der Waals surface area contributed by atoms with Crippen molar-refractivity contribution in [2.24, 2.45) is 39.0 Å². The molecule has 12 N–H and O–H groups in total. The summed E-state index contributed by atoms with van der Waals surface area (Å²) in [5.41, 5.74) is 19.3. The molecule has 1 fully saturated rings. The Morgan fingerprint density at radius 3 is 2.34 bits per heavy atom. The van der Waals surface area contributed by atoms with Crippen molar-refractivity contribution in [2.75, 3.05) is 71.5 Å². The zero-order valence-corrected chi connectivity index (χ0v) is 38.9. The summed E-state index contributed by atoms with van der Waals surface area (Å²) in [7, 11) is 2.96. The van der Waals surface area contributed by atoms with Gasteiger partial charge in [0.25, 0.3) is 0 Å². The first-order valence-electron chi connectivity index (χ1n) is 22.7. The number of likely N-dealkylation sites (N-methyl/N-ethyl adjacent to an activating group) is 1. The average Bonchev–Trinajstić information content (AvgIpc) is 3.84. The Labute approximate surface area is 390 Å². The lowest BCUT2D eigenvalue weighted by atomic mass is 9.91. The van der Waals surface area contributed by atoms with Gasteiger partial charge in [0, 0.05) is 95.6 Å². The molecule has 0 radical (unpaired) electrons. The summed E-state index contributed by atoms with van der Waals surface area (Å²) >= 11 is 0. The van der Waals surface area contributed by atoms with Crippen molar-refractivity contribution >= 4 is 65.0 Å². The Kier molecular flexibility index (Phi) is 21.5. The molecule has 23 heteroatoms. The Hall–Kier alpha value is -6.62. The van der Waals surface area contributed by atoms with E-state index >= 15 is 0 Å². The minimum absolute atomic E-state index is 0.0896. The van der Waals surface area contributed by atoms with E-state index in [1.807, 2.05) is 24.8 Å². The highest BCUT2D eigenvalue weighted by Gasteiger charge is 2.33. The van der Waals surface area contributed by atoms with Crippen LogP contribution in [0.3, 0.4) is 0 Å². The molecule has 0 spiro atoms. The Morgan fingerprint density at radius 1 is 0.940 bits per heavy atom. The molecule has 6 atom stereocenters. The lowest BCUT2D eigenvalue weighted by molar-refractivity contribution is -0.137. The molecule has 2 aromatic rings. The number of alkyl carbamates (subject to hydrolysis) is 1. The number of unbranched alkanes of at least 4 members (excludes halogenated alkanes) is 1. The number of ether oxygens (including phenoxy) is 2. The molecule has 1 unspecified atom stereocenters. The number of methoxy groups -OCH3 is 1. The number of fused-ring (bicyclic) bond motifs is 1. The van der Waals surface area contributed by atoms with Gasteiger partial charge >= 0.3 is 6.09 Å². The van der Waals surface area contributed by atoms with Crippen LogP contribution in [-0.2, 0) is 39.9 Å². The topological polar surface area (TPSA) is 336 Å². The van der Waals surface area contributed by atoms with Gasteiger partial charge in [-0.3, -0.25) is 38.8 Å². The van der Waals surface area contributed by atoms with E-state index in [1.165, 1.54) is 32.9 Å². The van der Waals surface area contributed by atoms with E-state index in [9.17, 15) is 33.6 Å². The number of nitrogens with two attached hydrogens (primary N) is 3. The Balaban J connectivity index is 1.37. The number of hydrogen-bond acceptors (Lipinski definition) is 14. The predicted molar refractivity (Wildman–Crippen MR) is 250 cm³/mol. The number of carbonyl (C=O) groups excluding carboxylic acids is 7. The zero-order chi connectivity index (χ0) is 48.9. The molecule has 368 valence electrons. The molecule has 23 nitrogen and oxygen atoms in total. The third-order valence-electron chi connectivity index (χ3n) is 11.7. The molecule has 1 aromatic carbocycles. The van der Waals surface area contributed by atoms with Crippen LogP contribution in [0.1, 0.15) is 74.8 Å². The van der Waals surface area contributed by atoms with Crippen LogP contribution in [0.5, 0.6) is 0 Å². The van der Waals surface area contributed by atoms with Gasteiger partial charge in [-0.05, 0) is 56.2 Å². The fraction of sp³-hybridized carbons (Fsp3) is 0.591. The molecule has 0 saturated carbocycles. The number of ketones is 1. The molecule has 1 saturated heterocycles. The number of benzene rings is 1. The van der Waals surface area contributed by atoms with Crippen LogP contribution in [0.2, 0.25) is 0 Å². The summed E-state index contributed by atoms with van der Waals surface area (Å²) in [6.07, 6.45) is 6.24. The van der Waals surface area contributed by atoms with Crippen LogP contribution in [0, 0.1) is 11.8 Å². The van der Waals surface area contributed by atoms with Crippen molar-refractivity contribution in [3.63, 3.8) is 0 Å². The van der Waals surface area contributed by atoms with Crippen LogP contribution in [0.15, 0.2) is 40.7 Å². The van der Waals surface area contributed by atoms with E-state index in [1.54, 1.807) is 17.0 Å². The fourth-order valence-electron chi connectivity index (χ4n) is 7.49. The highest BCUT2D eigenvalue weighted by atomic mass is 16.6. The molecule has 0 aliphatic carbocycles. The number of rotatable bonds is 26. The number of piperazine rings is 1.